The summed E-state index contributed by atoms with van der Waals surface area (Å²) >= 11 is 1.32. The highest BCUT2D eigenvalue weighted by atomic mass is 32.2. The maximum atomic E-state index is 14.6. The third-order valence-electron chi connectivity index (χ3n) is 4.91. The highest BCUT2D eigenvalue weighted by molar-refractivity contribution is 7.98. The van der Waals surface area contributed by atoms with Gasteiger partial charge in [-0.1, -0.05) is 0 Å². The molecule has 0 spiro atoms. The molecule has 1 aliphatic rings. The van der Waals surface area contributed by atoms with E-state index in [1.165, 1.54) is 17.8 Å². The van der Waals surface area contributed by atoms with Gasteiger partial charge >= 0.3 is 0 Å². The molecule has 0 unspecified atom stereocenters. The number of nitrogens with zero attached hydrogens (tertiary/aromatic N) is 3. The summed E-state index contributed by atoms with van der Waals surface area (Å²) in [6.45, 7) is 0. The Morgan fingerprint density at radius 2 is 2.21 bits per heavy atom. The van der Waals surface area contributed by atoms with E-state index in [-0.39, 0.29) is 18.1 Å². The van der Waals surface area contributed by atoms with E-state index in [1.54, 1.807) is 22.9 Å². The molecule has 1 fully saturated rings. The van der Waals surface area contributed by atoms with Crippen molar-refractivity contribution in [1.82, 2.24) is 19.6 Å². The number of rotatable bonds is 4. The molecule has 0 saturated heterocycles. The number of aromatic amines is 1. The predicted molar refractivity (Wildman–Crippen MR) is 104 cm³/mol. The molecule has 28 heavy (non-hydrogen) atoms. The van der Waals surface area contributed by atoms with Crippen molar-refractivity contribution < 1.29 is 13.6 Å². The molecule has 3 heterocycles. The summed E-state index contributed by atoms with van der Waals surface area (Å²) in [4.78, 5) is 16.8. The van der Waals surface area contributed by atoms with Crippen molar-refractivity contribution in [3.63, 3.8) is 0 Å². The lowest BCUT2D eigenvalue weighted by atomic mass is 10.0. The zero-order valence-corrected chi connectivity index (χ0v) is 15.6. The van der Waals surface area contributed by atoms with Gasteiger partial charge in [0.1, 0.15) is 17.6 Å². The summed E-state index contributed by atoms with van der Waals surface area (Å²) in [6, 6.07) is 5.12. The topological polar surface area (TPSA) is 75.1 Å². The highest BCUT2D eigenvalue weighted by Gasteiger charge is 2.43. The lowest BCUT2D eigenvalue weighted by Crippen LogP contribution is -2.15. The molecule has 0 radical (unpaired) electrons. The van der Waals surface area contributed by atoms with E-state index in [2.05, 4.69) is 20.5 Å². The Morgan fingerprint density at radius 1 is 1.39 bits per heavy atom. The number of thioether (sulfide) groups is 1. The van der Waals surface area contributed by atoms with Crippen molar-refractivity contribution in [2.45, 2.75) is 17.5 Å². The quantitative estimate of drug-likeness (QED) is 0.508. The molecule has 4 aromatic rings. The fourth-order valence-corrected chi connectivity index (χ4v) is 3.97. The van der Waals surface area contributed by atoms with E-state index >= 15 is 0 Å². The Hall–Kier alpha value is -2.94. The number of pyridine rings is 1. The van der Waals surface area contributed by atoms with Crippen molar-refractivity contribution in [2.75, 3.05) is 11.6 Å². The predicted octanol–water partition coefficient (Wildman–Crippen LogP) is 4.04. The lowest BCUT2D eigenvalue weighted by molar-refractivity contribution is -0.117. The fraction of sp³-hybridized carbons (Fsp3) is 0.211. The number of halogens is 2. The van der Waals surface area contributed by atoms with Gasteiger partial charge in [-0.15, -0.1) is 11.8 Å². The van der Waals surface area contributed by atoms with Crippen LogP contribution in [-0.4, -0.2) is 37.9 Å². The maximum Gasteiger partial charge on any atom is 0.231 e. The van der Waals surface area contributed by atoms with Crippen LogP contribution in [0, 0.1) is 11.7 Å². The summed E-state index contributed by atoms with van der Waals surface area (Å²) in [5.74, 6) is -0.889. The van der Waals surface area contributed by atoms with E-state index in [9.17, 15) is 13.6 Å². The van der Waals surface area contributed by atoms with Gasteiger partial charge in [-0.2, -0.15) is 5.10 Å². The molecule has 142 valence electrons. The minimum absolute atomic E-state index is 0.266. The normalized spacial score (nSPS) is 18.7. The molecule has 2 N–H and O–H groups in total. The molecule has 9 heteroatoms. The Morgan fingerprint density at radius 3 is 2.96 bits per heavy atom. The average molecular weight is 399 g/mol. The summed E-state index contributed by atoms with van der Waals surface area (Å²) in [5.41, 5.74) is 2.77. The van der Waals surface area contributed by atoms with Crippen LogP contribution in [0.5, 0.6) is 0 Å². The van der Waals surface area contributed by atoms with Gasteiger partial charge in [0.25, 0.3) is 0 Å². The summed E-state index contributed by atoms with van der Waals surface area (Å²) in [6.07, 6.45) is 6.18. The molecule has 0 aliphatic heterocycles. The van der Waals surface area contributed by atoms with Crippen LogP contribution in [0.3, 0.4) is 0 Å². The molecule has 2 atom stereocenters. The number of imidazole rings is 1. The molecular formula is C19H15F2N5OS. The minimum Gasteiger partial charge on any atom is -0.309 e. The first-order valence-corrected chi connectivity index (χ1v) is 9.91. The zero-order chi connectivity index (χ0) is 19.4. The standard InChI is InChI=1S/C19H15F2N5OS/c1-28-18-14(21)4-10(12-6-22-25-17(12)18)9-2-3-16-23-15(8-26(16)7-9)24-19(27)11-5-13(11)20/h2-4,6-8,11,13H,5H2,1H3,(H,22,25)(H,24,27)/t11-,13+/m1/s1. The lowest BCUT2D eigenvalue weighted by Gasteiger charge is -2.08. The summed E-state index contributed by atoms with van der Waals surface area (Å²) in [5, 5.41) is 10.4. The number of anilines is 1. The zero-order valence-electron chi connectivity index (χ0n) is 14.7. The summed E-state index contributed by atoms with van der Waals surface area (Å²) in [7, 11) is 0. The molecule has 1 aliphatic carbocycles. The van der Waals surface area contributed by atoms with Crippen LogP contribution in [-0.2, 0) is 4.79 Å². The number of carbonyl (C=O) groups excluding carboxylic acids is 1. The van der Waals surface area contributed by atoms with Crippen molar-refractivity contribution in [2.24, 2.45) is 5.92 Å². The monoisotopic (exact) mass is 399 g/mol. The number of fused-ring (bicyclic) bond motifs is 2. The number of alkyl halides is 1. The van der Waals surface area contributed by atoms with Crippen LogP contribution in [0.2, 0.25) is 0 Å². The molecule has 0 bridgehead atoms. The molecule has 1 saturated carbocycles. The highest BCUT2D eigenvalue weighted by Crippen LogP contribution is 2.36. The van der Waals surface area contributed by atoms with Crippen LogP contribution in [0.25, 0.3) is 27.7 Å². The second kappa shape index (κ2) is 6.30. The van der Waals surface area contributed by atoms with E-state index in [0.717, 1.165) is 10.9 Å². The second-order valence-electron chi connectivity index (χ2n) is 6.75. The minimum atomic E-state index is -1.06. The Bertz CT molecular complexity index is 1230. The van der Waals surface area contributed by atoms with Gasteiger partial charge in [0, 0.05) is 11.6 Å². The van der Waals surface area contributed by atoms with E-state index < -0.39 is 12.1 Å². The molecule has 1 aromatic carbocycles. The Kier molecular flexibility index (Phi) is 3.87. The first kappa shape index (κ1) is 17.2. The fourth-order valence-electron chi connectivity index (χ4n) is 3.36. The number of H-pyrrole nitrogens is 1. The molecule has 1 amide bonds. The van der Waals surface area contributed by atoms with Gasteiger partial charge in [0.2, 0.25) is 5.91 Å². The molecular weight excluding hydrogens is 384 g/mol. The third-order valence-corrected chi connectivity index (χ3v) is 5.72. The number of amides is 1. The van der Waals surface area contributed by atoms with Crippen molar-refractivity contribution in [3.8, 4) is 11.1 Å². The van der Waals surface area contributed by atoms with Crippen molar-refractivity contribution in [3.05, 3.63) is 42.6 Å². The number of hydrogen-bond acceptors (Lipinski definition) is 4. The van der Waals surface area contributed by atoms with Crippen LogP contribution >= 0.6 is 11.8 Å². The Balaban J connectivity index is 1.54. The number of benzene rings is 1. The van der Waals surface area contributed by atoms with Gasteiger partial charge in [-0.3, -0.25) is 9.89 Å². The van der Waals surface area contributed by atoms with E-state index in [1.807, 2.05) is 18.5 Å². The van der Waals surface area contributed by atoms with Crippen LogP contribution in [0.15, 0.2) is 41.7 Å². The number of carbonyl (C=O) groups is 1. The van der Waals surface area contributed by atoms with Crippen LogP contribution in [0.1, 0.15) is 6.42 Å². The molecule has 6 nitrogen and oxygen atoms in total. The second-order valence-corrected chi connectivity index (χ2v) is 7.57. The van der Waals surface area contributed by atoms with Gasteiger partial charge in [-0.25, -0.2) is 13.8 Å². The first-order chi connectivity index (χ1) is 13.5. The van der Waals surface area contributed by atoms with Gasteiger partial charge in [0.05, 0.1) is 28.7 Å². The number of nitrogens with one attached hydrogen (secondary N) is 2. The Labute approximate surface area is 162 Å². The van der Waals surface area contributed by atoms with E-state index in [0.29, 0.717) is 27.4 Å². The third kappa shape index (κ3) is 2.73. The van der Waals surface area contributed by atoms with Crippen LogP contribution < -0.4 is 5.32 Å². The van der Waals surface area contributed by atoms with E-state index in [4.69, 9.17) is 0 Å². The largest absolute Gasteiger partial charge is 0.309 e. The van der Waals surface area contributed by atoms with Crippen molar-refractivity contribution in [1.29, 1.82) is 0 Å². The summed E-state index contributed by atoms with van der Waals surface area (Å²) < 4.78 is 29.3. The number of hydrogen-bond donors (Lipinski definition) is 2. The van der Waals surface area contributed by atoms with Crippen LogP contribution in [0.4, 0.5) is 14.6 Å². The first-order valence-electron chi connectivity index (χ1n) is 8.69. The molecule has 5 rings (SSSR count). The van der Waals surface area contributed by atoms with Gasteiger partial charge < -0.3 is 9.72 Å². The average Bonchev–Trinajstić information content (AvgIpc) is 3.06. The smallest absolute Gasteiger partial charge is 0.231 e. The van der Waals surface area contributed by atoms with Gasteiger partial charge in [0.15, 0.2) is 5.82 Å². The van der Waals surface area contributed by atoms with Gasteiger partial charge in [-0.05, 0) is 42.0 Å². The number of aromatic nitrogens is 4. The maximum absolute atomic E-state index is 14.6. The van der Waals surface area contributed by atoms with Crippen molar-refractivity contribution >= 4 is 40.0 Å². The molecule has 3 aromatic heterocycles. The SMILES string of the molecule is CSc1c(F)cc(-c2ccc3nc(NC(=O)[C@@H]4C[C@@H]4F)cn3c2)c2cn[nH]c12.